The highest BCUT2D eigenvalue weighted by Crippen LogP contribution is 2.26. The number of para-hydroxylation sites is 1. The summed E-state index contributed by atoms with van der Waals surface area (Å²) in [6.07, 6.45) is 1.15. The van der Waals surface area contributed by atoms with Crippen LogP contribution in [0.15, 0.2) is 23.6 Å². The molecule has 0 amide bonds. The maximum Gasteiger partial charge on any atom is 0.107 e. The van der Waals surface area contributed by atoms with Gasteiger partial charge in [0.1, 0.15) is 5.01 Å². The lowest BCUT2D eigenvalue weighted by Gasteiger charge is -2.09. The van der Waals surface area contributed by atoms with E-state index in [1.807, 2.05) is 6.92 Å². The fourth-order valence-electron chi connectivity index (χ4n) is 2.35. The van der Waals surface area contributed by atoms with E-state index >= 15 is 0 Å². The normalized spacial score (nSPS) is 13.4. The van der Waals surface area contributed by atoms with Crippen LogP contribution in [0.4, 0.5) is 5.69 Å². The van der Waals surface area contributed by atoms with E-state index in [0.29, 0.717) is 0 Å². The van der Waals surface area contributed by atoms with Gasteiger partial charge in [0.05, 0.1) is 0 Å². The predicted octanol–water partition coefficient (Wildman–Crippen LogP) is 2.71. The lowest BCUT2D eigenvalue weighted by atomic mass is 10.1. The average Bonchev–Trinajstić information content (AvgIpc) is 2.98. The minimum Gasteiger partial charge on any atom is -0.384 e. The van der Waals surface area contributed by atoms with Gasteiger partial charge >= 0.3 is 0 Å². The Morgan fingerprint density at radius 2 is 2.33 bits per heavy atom. The van der Waals surface area contributed by atoms with E-state index in [1.165, 1.54) is 16.8 Å². The van der Waals surface area contributed by atoms with Crippen molar-refractivity contribution in [3.05, 3.63) is 45.4 Å². The molecule has 0 fully saturated rings. The molecule has 3 nitrogen and oxygen atoms in total. The molecule has 0 saturated carbocycles. The molecule has 94 valence electrons. The number of fused-ring (bicyclic) bond motifs is 1. The number of nitrogens with zero attached hydrogens (tertiary/aromatic N) is 1. The van der Waals surface area contributed by atoms with Crippen LogP contribution >= 0.6 is 11.3 Å². The summed E-state index contributed by atoms with van der Waals surface area (Å²) in [5.74, 6) is 0. The third-order valence-corrected chi connectivity index (χ3v) is 4.16. The van der Waals surface area contributed by atoms with Gasteiger partial charge in [0, 0.05) is 36.4 Å². The monoisotopic (exact) mass is 259 g/mol. The standard InChI is InChI=1S/C14H17N3S/c1-10-9-18-13(17-10)8-15-7-12-4-2-3-11-5-6-16-14(11)12/h2-4,9,15-16H,5-8H2,1H3. The number of hydrogen-bond acceptors (Lipinski definition) is 4. The van der Waals surface area contributed by atoms with E-state index in [9.17, 15) is 0 Å². The number of hydrogen-bond donors (Lipinski definition) is 2. The van der Waals surface area contributed by atoms with Crippen LogP contribution in [0.5, 0.6) is 0 Å². The number of nitrogens with one attached hydrogen (secondary N) is 2. The zero-order chi connectivity index (χ0) is 12.4. The molecule has 3 rings (SSSR count). The summed E-state index contributed by atoms with van der Waals surface area (Å²) >= 11 is 1.72. The van der Waals surface area contributed by atoms with Crippen molar-refractivity contribution in [2.75, 3.05) is 11.9 Å². The van der Waals surface area contributed by atoms with Crippen molar-refractivity contribution in [1.29, 1.82) is 0 Å². The van der Waals surface area contributed by atoms with Gasteiger partial charge in [-0.3, -0.25) is 0 Å². The number of anilines is 1. The number of aryl methyl sites for hydroxylation is 1. The molecule has 1 aromatic heterocycles. The van der Waals surface area contributed by atoms with Gasteiger partial charge in [-0.15, -0.1) is 11.3 Å². The molecule has 2 N–H and O–H groups in total. The van der Waals surface area contributed by atoms with Crippen LogP contribution in [0, 0.1) is 6.92 Å². The molecule has 0 spiro atoms. The van der Waals surface area contributed by atoms with Gasteiger partial charge in [-0.1, -0.05) is 18.2 Å². The third kappa shape index (κ3) is 2.40. The average molecular weight is 259 g/mol. The van der Waals surface area contributed by atoms with Crippen LogP contribution in [0.1, 0.15) is 21.8 Å². The van der Waals surface area contributed by atoms with Gasteiger partial charge in [0.15, 0.2) is 0 Å². The molecular formula is C14H17N3S. The Bertz CT molecular complexity index is 548. The topological polar surface area (TPSA) is 37.0 Å². The highest BCUT2D eigenvalue weighted by molar-refractivity contribution is 7.09. The molecule has 0 saturated heterocycles. The molecule has 2 heterocycles. The molecule has 4 heteroatoms. The lowest BCUT2D eigenvalue weighted by molar-refractivity contribution is 0.690. The molecule has 0 aliphatic carbocycles. The van der Waals surface area contributed by atoms with Crippen molar-refractivity contribution in [1.82, 2.24) is 10.3 Å². The molecule has 1 aromatic carbocycles. The molecule has 1 aliphatic heterocycles. The van der Waals surface area contributed by atoms with E-state index in [2.05, 4.69) is 39.2 Å². The van der Waals surface area contributed by atoms with E-state index in [0.717, 1.165) is 36.8 Å². The van der Waals surface area contributed by atoms with Crippen molar-refractivity contribution in [2.45, 2.75) is 26.4 Å². The first kappa shape index (κ1) is 11.7. The Hall–Kier alpha value is -1.39. The molecule has 0 unspecified atom stereocenters. The molecular weight excluding hydrogens is 242 g/mol. The molecule has 0 bridgehead atoms. The summed E-state index contributed by atoms with van der Waals surface area (Å²) in [5, 5.41) is 10.2. The second-order valence-electron chi connectivity index (χ2n) is 4.61. The Balaban J connectivity index is 1.62. The van der Waals surface area contributed by atoms with Gasteiger partial charge in [-0.2, -0.15) is 0 Å². The summed E-state index contributed by atoms with van der Waals surface area (Å²) in [7, 11) is 0. The fourth-order valence-corrected chi connectivity index (χ4v) is 3.09. The summed E-state index contributed by atoms with van der Waals surface area (Å²) in [4.78, 5) is 4.45. The van der Waals surface area contributed by atoms with Crippen molar-refractivity contribution < 1.29 is 0 Å². The Morgan fingerprint density at radius 1 is 1.39 bits per heavy atom. The Morgan fingerprint density at radius 3 is 3.17 bits per heavy atom. The number of rotatable bonds is 4. The molecule has 1 aliphatic rings. The largest absolute Gasteiger partial charge is 0.384 e. The zero-order valence-corrected chi connectivity index (χ0v) is 11.3. The quantitative estimate of drug-likeness (QED) is 0.886. The van der Waals surface area contributed by atoms with Crippen LogP contribution in [-0.4, -0.2) is 11.5 Å². The second-order valence-corrected chi connectivity index (χ2v) is 5.56. The van der Waals surface area contributed by atoms with Crippen molar-refractivity contribution in [2.24, 2.45) is 0 Å². The van der Waals surface area contributed by atoms with E-state index < -0.39 is 0 Å². The van der Waals surface area contributed by atoms with Gasteiger partial charge < -0.3 is 10.6 Å². The van der Waals surface area contributed by atoms with Crippen LogP contribution in [0.25, 0.3) is 0 Å². The van der Waals surface area contributed by atoms with Crippen molar-refractivity contribution >= 4 is 17.0 Å². The lowest BCUT2D eigenvalue weighted by Crippen LogP contribution is -2.13. The van der Waals surface area contributed by atoms with Gasteiger partial charge in [-0.05, 0) is 24.5 Å². The number of benzene rings is 1. The molecule has 2 aromatic rings. The predicted molar refractivity (Wildman–Crippen MR) is 76.0 cm³/mol. The minimum absolute atomic E-state index is 0.849. The minimum atomic E-state index is 0.849. The fraction of sp³-hybridized carbons (Fsp3) is 0.357. The van der Waals surface area contributed by atoms with Crippen LogP contribution < -0.4 is 10.6 Å². The van der Waals surface area contributed by atoms with E-state index in [1.54, 1.807) is 11.3 Å². The summed E-state index contributed by atoms with van der Waals surface area (Å²) in [5.41, 5.74) is 5.25. The van der Waals surface area contributed by atoms with Crippen LogP contribution in [0.2, 0.25) is 0 Å². The van der Waals surface area contributed by atoms with Crippen molar-refractivity contribution in [3.63, 3.8) is 0 Å². The smallest absolute Gasteiger partial charge is 0.107 e. The molecule has 18 heavy (non-hydrogen) atoms. The summed E-state index contributed by atoms with van der Waals surface area (Å²) in [6, 6.07) is 6.55. The summed E-state index contributed by atoms with van der Waals surface area (Å²) in [6.45, 7) is 4.85. The first-order valence-electron chi connectivity index (χ1n) is 6.29. The van der Waals surface area contributed by atoms with Gasteiger partial charge in [0.25, 0.3) is 0 Å². The van der Waals surface area contributed by atoms with Gasteiger partial charge in [-0.25, -0.2) is 4.98 Å². The molecule has 0 radical (unpaired) electrons. The maximum atomic E-state index is 4.45. The number of thiazole rings is 1. The third-order valence-electron chi connectivity index (χ3n) is 3.19. The number of aromatic nitrogens is 1. The Kier molecular flexibility index (Phi) is 3.30. The first-order chi connectivity index (χ1) is 8.83. The van der Waals surface area contributed by atoms with E-state index in [-0.39, 0.29) is 0 Å². The van der Waals surface area contributed by atoms with Crippen molar-refractivity contribution in [3.8, 4) is 0 Å². The van der Waals surface area contributed by atoms with Crippen LogP contribution in [-0.2, 0) is 19.5 Å². The highest BCUT2D eigenvalue weighted by Gasteiger charge is 2.12. The Labute approximate surface area is 111 Å². The maximum absolute atomic E-state index is 4.45. The van der Waals surface area contributed by atoms with E-state index in [4.69, 9.17) is 0 Å². The first-order valence-corrected chi connectivity index (χ1v) is 7.17. The van der Waals surface area contributed by atoms with Crippen LogP contribution in [0.3, 0.4) is 0 Å². The highest BCUT2D eigenvalue weighted by atomic mass is 32.1. The van der Waals surface area contributed by atoms with Gasteiger partial charge in [0.2, 0.25) is 0 Å². The summed E-state index contributed by atoms with van der Waals surface area (Å²) < 4.78 is 0. The zero-order valence-electron chi connectivity index (χ0n) is 10.5. The SMILES string of the molecule is Cc1csc(CNCc2cccc3c2NCC3)n1. The second kappa shape index (κ2) is 5.08. The molecule has 0 atom stereocenters.